The third-order valence-corrected chi connectivity index (χ3v) is 5.99. The van der Waals surface area contributed by atoms with Gasteiger partial charge >= 0.3 is 5.97 Å². The molecule has 162 valence electrons. The zero-order chi connectivity index (χ0) is 22.1. The molecule has 0 saturated heterocycles. The van der Waals surface area contributed by atoms with Gasteiger partial charge in [-0.3, -0.25) is 4.79 Å². The van der Waals surface area contributed by atoms with E-state index >= 15 is 0 Å². The normalized spacial score (nSPS) is 13.4. The third-order valence-electron chi connectivity index (χ3n) is 5.99. The smallest absolute Gasteiger partial charge is 0.307 e. The maximum Gasteiger partial charge on any atom is 0.307 e. The molecule has 4 aromatic rings. The first-order valence-electron chi connectivity index (χ1n) is 10.9. The van der Waals surface area contributed by atoms with E-state index in [-0.39, 0.29) is 6.42 Å². The minimum atomic E-state index is -0.881. The first-order chi connectivity index (χ1) is 15.6. The van der Waals surface area contributed by atoms with Crippen molar-refractivity contribution in [2.24, 2.45) is 5.73 Å². The number of carbonyl (C=O) groups is 1. The summed E-state index contributed by atoms with van der Waals surface area (Å²) in [7, 11) is 0. The van der Waals surface area contributed by atoms with E-state index in [4.69, 9.17) is 14.9 Å². The van der Waals surface area contributed by atoms with E-state index in [1.165, 1.54) is 18.4 Å². The number of hydrogen-bond donors (Lipinski definition) is 2. The van der Waals surface area contributed by atoms with Gasteiger partial charge in [0.05, 0.1) is 12.7 Å². The average molecular weight is 428 g/mol. The van der Waals surface area contributed by atoms with Crippen LogP contribution in [0.4, 0.5) is 0 Å². The van der Waals surface area contributed by atoms with Gasteiger partial charge < -0.3 is 20.0 Å². The van der Waals surface area contributed by atoms with Crippen LogP contribution < -0.4 is 10.5 Å². The molecule has 1 fully saturated rings. The minimum absolute atomic E-state index is 0.0736. The molecule has 5 heteroatoms. The zero-order valence-corrected chi connectivity index (χ0v) is 17.7. The molecule has 0 radical (unpaired) electrons. The number of carboxylic acids is 1. The number of para-hydroxylation sites is 1. The Labute approximate surface area is 186 Å². The van der Waals surface area contributed by atoms with Gasteiger partial charge in [0, 0.05) is 23.1 Å². The molecular weight excluding hydrogens is 402 g/mol. The molecule has 1 saturated carbocycles. The molecule has 5 nitrogen and oxygen atoms in total. The number of furan rings is 1. The fraction of sp³-hybridized carbons (Fsp3) is 0.222. The van der Waals surface area contributed by atoms with Crippen molar-refractivity contribution in [2.75, 3.05) is 0 Å². The summed E-state index contributed by atoms with van der Waals surface area (Å²) in [5.41, 5.74) is 13.0. The van der Waals surface area contributed by atoms with Gasteiger partial charge in [-0.2, -0.15) is 0 Å². The molecule has 0 atom stereocenters. The van der Waals surface area contributed by atoms with Gasteiger partial charge in [-0.05, 0) is 65.3 Å². The summed E-state index contributed by atoms with van der Waals surface area (Å²) < 4.78 is 12.1. The van der Waals surface area contributed by atoms with Gasteiger partial charge in [-0.15, -0.1) is 0 Å². The number of carboxylic acid groups (broad SMARTS) is 1. The lowest BCUT2D eigenvalue weighted by atomic mass is 9.96. The molecule has 1 aromatic heterocycles. The van der Waals surface area contributed by atoms with Crippen LogP contribution in [-0.4, -0.2) is 11.1 Å². The molecule has 3 aromatic carbocycles. The number of ether oxygens (including phenoxy) is 1. The Kier molecular flexibility index (Phi) is 5.41. The molecule has 32 heavy (non-hydrogen) atoms. The van der Waals surface area contributed by atoms with Crippen LogP contribution in [0, 0.1) is 0 Å². The van der Waals surface area contributed by atoms with E-state index in [9.17, 15) is 9.90 Å². The summed E-state index contributed by atoms with van der Waals surface area (Å²) in [5.74, 6) is 0.234. The van der Waals surface area contributed by atoms with E-state index in [0.29, 0.717) is 30.4 Å². The number of fused-ring (bicyclic) bond motifs is 1. The maximum absolute atomic E-state index is 11.2. The quantitative estimate of drug-likeness (QED) is 0.380. The Balaban J connectivity index is 1.51. The second-order valence-electron chi connectivity index (χ2n) is 8.35. The summed E-state index contributed by atoms with van der Waals surface area (Å²) in [6.45, 7) is 0.812. The van der Waals surface area contributed by atoms with E-state index < -0.39 is 5.97 Å². The van der Waals surface area contributed by atoms with Crippen LogP contribution in [-0.2, 0) is 24.4 Å². The average Bonchev–Trinajstić information content (AvgIpc) is 3.57. The monoisotopic (exact) mass is 427 g/mol. The molecule has 1 aliphatic rings. The van der Waals surface area contributed by atoms with Crippen molar-refractivity contribution in [1.29, 1.82) is 0 Å². The number of rotatable bonds is 8. The Morgan fingerprint density at radius 1 is 1.03 bits per heavy atom. The van der Waals surface area contributed by atoms with Gasteiger partial charge in [-0.25, -0.2) is 0 Å². The van der Waals surface area contributed by atoms with Crippen molar-refractivity contribution in [3.63, 3.8) is 0 Å². The number of benzene rings is 3. The van der Waals surface area contributed by atoms with Crippen LogP contribution >= 0.6 is 0 Å². The van der Waals surface area contributed by atoms with Crippen LogP contribution in [0.25, 0.3) is 22.1 Å². The lowest BCUT2D eigenvalue weighted by Crippen LogP contribution is -2.04. The van der Waals surface area contributed by atoms with Crippen LogP contribution in [0.5, 0.6) is 5.75 Å². The Morgan fingerprint density at radius 3 is 2.66 bits per heavy atom. The molecular formula is C27H25NO4. The van der Waals surface area contributed by atoms with Crippen molar-refractivity contribution in [2.45, 2.75) is 38.3 Å². The highest BCUT2D eigenvalue weighted by molar-refractivity contribution is 5.90. The summed E-state index contributed by atoms with van der Waals surface area (Å²) in [6, 6.07) is 20.0. The Bertz CT molecular complexity index is 1290. The van der Waals surface area contributed by atoms with Gasteiger partial charge in [0.1, 0.15) is 17.9 Å². The van der Waals surface area contributed by atoms with Crippen LogP contribution in [0.1, 0.15) is 41.0 Å². The first-order valence-corrected chi connectivity index (χ1v) is 10.9. The largest absolute Gasteiger partial charge is 0.488 e. The molecule has 0 aliphatic heterocycles. The summed E-state index contributed by atoms with van der Waals surface area (Å²) >= 11 is 0. The van der Waals surface area contributed by atoms with Crippen molar-refractivity contribution in [3.8, 4) is 16.9 Å². The second kappa shape index (κ2) is 8.52. The van der Waals surface area contributed by atoms with Crippen molar-refractivity contribution < 1.29 is 19.1 Å². The molecule has 0 amide bonds. The molecule has 1 heterocycles. The SMILES string of the molecule is NCc1cccc(-c2cc(C3CC3)c3occ(COc4ccccc4CC(=O)O)c3c2)c1. The van der Waals surface area contributed by atoms with Gasteiger partial charge in [0.2, 0.25) is 0 Å². The number of aliphatic carboxylic acids is 1. The maximum atomic E-state index is 11.2. The topological polar surface area (TPSA) is 85.7 Å². The minimum Gasteiger partial charge on any atom is -0.488 e. The number of nitrogens with two attached hydrogens (primary N) is 1. The highest BCUT2D eigenvalue weighted by atomic mass is 16.5. The lowest BCUT2D eigenvalue weighted by Gasteiger charge is -2.11. The molecule has 0 bridgehead atoms. The van der Waals surface area contributed by atoms with E-state index in [1.807, 2.05) is 24.3 Å². The highest BCUT2D eigenvalue weighted by Crippen LogP contribution is 2.45. The number of hydrogen-bond acceptors (Lipinski definition) is 4. The first kappa shape index (κ1) is 20.3. The van der Waals surface area contributed by atoms with Crippen molar-refractivity contribution in [3.05, 3.63) is 89.2 Å². The second-order valence-corrected chi connectivity index (χ2v) is 8.35. The molecule has 0 spiro atoms. The van der Waals surface area contributed by atoms with E-state index in [0.717, 1.165) is 33.2 Å². The third kappa shape index (κ3) is 4.12. The fourth-order valence-electron chi connectivity index (χ4n) is 4.18. The van der Waals surface area contributed by atoms with Crippen molar-refractivity contribution in [1.82, 2.24) is 0 Å². The standard InChI is InChI=1S/C27H25NO4/c28-14-17-4-3-6-19(10-17)21-11-23(18-8-9-18)27-24(12-21)22(16-32-27)15-31-25-7-2-1-5-20(25)13-26(29)30/h1-7,10-12,16,18H,8-9,13-15,28H2,(H,29,30). The predicted molar refractivity (Wildman–Crippen MR) is 124 cm³/mol. The highest BCUT2D eigenvalue weighted by Gasteiger charge is 2.28. The van der Waals surface area contributed by atoms with E-state index in [2.05, 4.69) is 24.3 Å². The predicted octanol–water partition coefficient (Wildman–Crippen LogP) is 5.64. The molecule has 1 aliphatic carbocycles. The zero-order valence-electron chi connectivity index (χ0n) is 17.7. The van der Waals surface area contributed by atoms with Gasteiger partial charge in [0.25, 0.3) is 0 Å². The summed E-state index contributed by atoms with van der Waals surface area (Å²) in [4.78, 5) is 11.2. The fourth-order valence-corrected chi connectivity index (χ4v) is 4.18. The van der Waals surface area contributed by atoms with Crippen molar-refractivity contribution >= 4 is 16.9 Å². The van der Waals surface area contributed by atoms with Crippen LogP contribution in [0.2, 0.25) is 0 Å². The molecule has 5 rings (SSSR count). The Hall–Kier alpha value is -3.57. The van der Waals surface area contributed by atoms with E-state index in [1.54, 1.807) is 18.4 Å². The summed E-state index contributed by atoms with van der Waals surface area (Å²) in [5, 5.41) is 10.2. The Morgan fingerprint density at radius 2 is 1.88 bits per heavy atom. The van der Waals surface area contributed by atoms with Gasteiger partial charge in [-0.1, -0.05) is 36.4 Å². The van der Waals surface area contributed by atoms with Crippen LogP contribution in [0.3, 0.4) is 0 Å². The molecule has 3 N–H and O–H groups in total. The lowest BCUT2D eigenvalue weighted by molar-refractivity contribution is -0.136. The molecule has 0 unspecified atom stereocenters. The summed E-state index contributed by atoms with van der Waals surface area (Å²) in [6.07, 6.45) is 4.04. The van der Waals surface area contributed by atoms with Crippen LogP contribution in [0.15, 0.2) is 71.3 Å². The van der Waals surface area contributed by atoms with Gasteiger partial charge in [0.15, 0.2) is 0 Å².